The number of hydrogen-bond acceptors (Lipinski definition) is 3. The van der Waals surface area contributed by atoms with Crippen LogP contribution in [0.4, 0.5) is 10.1 Å². The van der Waals surface area contributed by atoms with Gasteiger partial charge in [-0.3, -0.25) is 4.79 Å². The number of benzene rings is 1. The van der Waals surface area contributed by atoms with Crippen molar-refractivity contribution in [2.24, 2.45) is 0 Å². The molecule has 21 heavy (non-hydrogen) atoms. The van der Waals surface area contributed by atoms with Crippen LogP contribution in [0.1, 0.15) is 32.8 Å². The van der Waals surface area contributed by atoms with Crippen molar-refractivity contribution in [3.63, 3.8) is 0 Å². The summed E-state index contributed by atoms with van der Waals surface area (Å²) in [4.78, 5) is 13.7. The van der Waals surface area contributed by atoms with Gasteiger partial charge in [0.25, 0.3) is 0 Å². The largest absolute Gasteiger partial charge is 0.362 e. The summed E-state index contributed by atoms with van der Waals surface area (Å²) in [6.07, 6.45) is 0.898. The molecule has 5 heteroatoms. The summed E-state index contributed by atoms with van der Waals surface area (Å²) in [7, 11) is 0. The van der Waals surface area contributed by atoms with E-state index >= 15 is 0 Å². The molecule has 2 N–H and O–H groups in total. The highest BCUT2D eigenvalue weighted by Crippen LogP contribution is 2.23. The molecular formula is C16H24FN3O. The molecule has 1 amide bonds. The Labute approximate surface area is 125 Å². The number of anilines is 1. The number of nitrogens with zero attached hydrogens (tertiary/aromatic N) is 1. The van der Waals surface area contributed by atoms with E-state index in [1.54, 1.807) is 12.1 Å². The first-order valence-corrected chi connectivity index (χ1v) is 7.40. The first-order chi connectivity index (χ1) is 9.85. The molecule has 1 fully saturated rings. The Bertz CT molecular complexity index is 511. The van der Waals surface area contributed by atoms with E-state index in [1.807, 2.05) is 4.90 Å². The minimum absolute atomic E-state index is 0.0200. The Hall–Kier alpha value is -1.62. The Kier molecular flexibility index (Phi) is 4.83. The molecule has 1 aromatic rings. The van der Waals surface area contributed by atoms with Crippen molar-refractivity contribution in [2.75, 3.05) is 24.5 Å². The van der Waals surface area contributed by atoms with Crippen molar-refractivity contribution in [2.45, 2.75) is 39.3 Å². The second-order valence-electron chi connectivity index (χ2n) is 6.50. The van der Waals surface area contributed by atoms with Gasteiger partial charge in [-0.1, -0.05) is 0 Å². The lowest BCUT2D eigenvalue weighted by molar-refractivity contribution is -0.119. The summed E-state index contributed by atoms with van der Waals surface area (Å²) in [6, 6.07) is 4.78. The van der Waals surface area contributed by atoms with Crippen molar-refractivity contribution < 1.29 is 9.18 Å². The standard InChI is InChI=1S/C16H24FN3O/c1-16(2,3)19-10-12-9-13(17)5-6-14(12)20-8-4-7-18-15(21)11-20/h5-6,9,19H,4,7-8,10-11H2,1-3H3,(H,18,21). The van der Waals surface area contributed by atoms with Crippen LogP contribution in [0, 0.1) is 5.82 Å². The topological polar surface area (TPSA) is 44.4 Å². The number of nitrogens with one attached hydrogen (secondary N) is 2. The lowest BCUT2D eigenvalue weighted by Crippen LogP contribution is -2.37. The lowest BCUT2D eigenvalue weighted by Gasteiger charge is -2.27. The summed E-state index contributed by atoms with van der Waals surface area (Å²) in [5.41, 5.74) is 1.78. The summed E-state index contributed by atoms with van der Waals surface area (Å²) in [5.74, 6) is -0.227. The number of carbonyl (C=O) groups is 1. The minimum atomic E-state index is -0.247. The molecule has 0 unspecified atom stereocenters. The molecule has 0 atom stereocenters. The van der Waals surface area contributed by atoms with Crippen LogP contribution in [0.15, 0.2) is 18.2 Å². The van der Waals surface area contributed by atoms with Gasteiger partial charge in [0, 0.05) is 30.9 Å². The molecule has 1 heterocycles. The number of halogens is 1. The summed E-state index contributed by atoms with van der Waals surface area (Å²) in [5, 5.41) is 6.24. The van der Waals surface area contributed by atoms with Gasteiger partial charge in [-0.15, -0.1) is 0 Å². The number of rotatable bonds is 3. The zero-order valence-electron chi connectivity index (χ0n) is 13.0. The van der Waals surface area contributed by atoms with Crippen molar-refractivity contribution >= 4 is 11.6 Å². The second-order valence-corrected chi connectivity index (χ2v) is 6.50. The zero-order valence-corrected chi connectivity index (χ0v) is 13.0. The normalized spacial score (nSPS) is 16.6. The van der Waals surface area contributed by atoms with Gasteiger partial charge in [0.1, 0.15) is 5.82 Å². The maximum absolute atomic E-state index is 13.6. The van der Waals surface area contributed by atoms with Gasteiger partial charge in [-0.25, -0.2) is 4.39 Å². The van der Waals surface area contributed by atoms with Gasteiger partial charge >= 0.3 is 0 Å². The molecule has 1 aliphatic heterocycles. The van der Waals surface area contributed by atoms with Gasteiger partial charge in [0.05, 0.1) is 6.54 Å². The quantitative estimate of drug-likeness (QED) is 0.896. The molecule has 0 radical (unpaired) electrons. The van der Waals surface area contributed by atoms with Crippen molar-refractivity contribution in [1.29, 1.82) is 0 Å². The number of amides is 1. The monoisotopic (exact) mass is 293 g/mol. The van der Waals surface area contributed by atoms with Gasteiger partial charge in [-0.05, 0) is 51.0 Å². The van der Waals surface area contributed by atoms with Crippen LogP contribution < -0.4 is 15.5 Å². The third-order valence-electron chi connectivity index (χ3n) is 3.45. The highest BCUT2D eigenvalue weighted by atomic mass is 19.1. The molecule has 1 aromatic carbocycles. The van der Waals surface area contributed by atoms with Crippen LogP contribution >= 0.6 is 0 Å². The highest BCUT2D eigenvalue weighted by molar-refractivity contribution is 5.82. The molecule has 116 valence electrons. The molecule has 1 aliphatic rings. The average Bonchev–Trinajstić information content (AvgIpc) is 2.60. The Morgan fingerprint density at radius 1 is 1.38 bits per heavy atom. The fraction of sp³-hybridized carbons (Fsp3) is 0.562. The lowest BCUT2D eigenvalue weighted by atomic mass is 10.1. The van der Waals surface area contributed by atoms with Crippen molar-refractivity contribution in [3.05, 3.63) is 29.6 Å². The smallest absolute Gasteiger partial charge is 0.239 e. The van der Waals surface area contributed by atoms with E-state index in [2.05, 4.69) is 31.4 Å². The molecule has 1 saturated heterocycles. The van der Waals surface area contributed by atoms with Crippen LogP contribution in [0.25, 0.3) is 0 Å². The molecule has 0 aromatic heterocycles. The fourth-order valence-corrected chi connectivity index (χ4v) is 2.38. The summed E-state index contributed by atoms with van der Waals surface area (Å²) < 4.78 is 13.6. The van der Waals surface area contributed by atoms with Crippen LogP contribution in [-0.2, 0) is 11.3 Å². The second kappa shape index (κ2) is 6.43. The van der Waals surface area contributed by atoms with Gasteiger partial charge in [-0.2, -0.15) is 0 Å². The minimum Gasteiger partial charge on any atom is -0.362 e. The first-order valence-electron chi connectivity index (χ1n) is 7.40. The molecule has 4 nitrogen and oxygen atoms in total. The van der Waals surface area contributed by atoms with E-state index in [1.165, 1.54) is 6.07 Å². The zero-order chi connectivity index (χ0) is 15.5. The van der Waals surface area contributed by atoms with Crippen LogP contribution in [-0.4, -0.2) is 31.1 Å². The maximum Gasteiger partial charge on any atom is 0.239 e. The third kappa shape index (κ3) is 4.70. The average molecular weight is 293 g/mol. The van der Waals surface area contributed by atoms with E-state index in [-0.39, 0.29) is 17.3 Å². The molecule has 0 saturated carbocycles. The summed E-state index contributed by atoms with van der Waals surface area (Å²) >= 11 is 0. The van der Waals surface area contributed by atoms with Gasteiger partial charge in [0.2, 0.25) is 5.91 Å². The first kappa shape index (κ1) is 15.8. The van der Waals surface area contributed by atoms with E-state index in [9.17, 15) is 9.18 Å². The van der Waals surface area contributed by atoms with Crippen LogP contribution in [0.2, 0.25) is 0 Å². The van der Waals surface area contributed by atoms with E-state index in [4.69, 9.17) is 0 Å². The SMILES string of the molecule is CC(C)(C)NCc1cc(F)ccc1N1CCCNC(=O)C1. The summed E-state index contributed by atoms with van der Waals surface area (Å²) in [6.45, 7) is 8.63. The third-order valence-corrected chi connectivity index (χ3v) is 3.45. The van der Waals surface area contributed by atoms with Crippen LogP contribution in [0.3, 0.4) is 0 Å². The van der Waals surface area contributed by atoms with Crippen molar-refractivity contribution in [3.8, 4) is 0 Å². The fourth-order valence-electron chi connectivity index (χ4n) is 2.38. The van der Waals surface area contributed by atoms with E-state index in [0.29, 0.717) is 19.6 Å². The Morgan fingerprint density at radius 3 is 2.86 bits per heavy atom. The van der Waals surface area contributed by atoms with E-state index < -0.39 is 0 Å². The van der Waals surface area contributed by atoms with Crippen molar-refractivity contribution in [1.82, 2.24) is 10.6 Å². The molecule has 0 bridgehead atoms. The van der Waals surface area contributed by atoms with E-state index in [0.717, 1.165) is 24.2 Å². The molecule has 0 spiro atoms. The Morgan fingerprint density at radius 2 is 2.14 bits per heavy atom. The van der Waals surface area contributed by atoms with Gasteiger partial charge in [0.15, 0.2) is 0 Å². The predicted octanol–water partition coefficient (Wildman–Crippen LogP) is 2.04. The Balaban J connectivity index is 2.23. The number of carbonyl (C=O) groups excluding carboxylic acids is 1. The maximum atomic E-state index is 13.6. The van der Waals surface area contributed by atoms with Gasteiger partial charge < -0.3 is 15.5 Å². The predicted molar refractivity (Wildman–Crippen MR) is 82.8 cm³/mol. The highest BCUT2D eigenvalue weighted by Gasteiger charge is 2.19. The molecule has 2 rings (SSSR count). The number of hydrogen-bond donors (Lipinski definition) is 2. The molecular weight excluding hydrogens is 269 g/mol. The molecule has 0 aliphatic carbocycles. The van der Waals surface area contributed by atoms with Crippen LogP contribution in [0.5, 0.6) is 0 Å².